The van der Waals surface area contributed by atoms with Crippen molar-refractivity contribution in [3.63, 3.8) is 0 Å². The van der Waals surface area contributed by atoms with Gasteiger partial charge in [-0.1, -0.05) is 25.3 Å². The van der Waals surface area contributed by atoms with Crippen molar-refractivity contribution in [2.45, 2.75) is 76.3 Å². The van der Waals surface area contributed by atoms with Crippen molar-refractivity contribution in [2.75, 3.05) is 52.0 Å². The quantitative estimate of drug-likeness (QED) is 0.0983. The molecule has 0 aliphatic carbocycles. The zero-order valence-corrected chi connectivity index (χ0v) is 28.3. The Morgan fingerprint density at radius 2 is 1.92 bits per heavy atom. The summed E-state index contributed by atoms with van der Waals surface area (Å²) in [6.45, 7) is 6.41. The minimum absolute atomic E-state index is 0.0165. The third-order valence-corrected chi connectivity index (χ3v) is 10.3. The Kier molecular flexibility index (Phi) is 9.81. The largest absolute Gasteiger partial charge is 0.468 e. The smallest absolute Gasteiger partial charge is 0.319 e. The maximum absolute atomic E-state index is 17.2. The Morgan fingerprint density at radius 3 is 2.69 bits per heavy atom. The molecule has 2 saturated heterocycles. The summed E-state index contributed by atoms with van der Waals surface area (Å²) in [4.78, 5) is 17.1. The summed E-state index contributed by atoms with van der Waals surface area (Å²) in [5.41, 5.74) is 1.09. The molecule has 0 bridgehead atoms. The first-order valence-electron chi connectivity index (χ1n) is 17.5. The lowest BCUT2D eigenvalue weighted by Crippen LogP contribution is -2.43. The Labute approximate surface area is 286 Å². The molecule has 1 unspecified atom stereocenters. The van der Waals surface area contributed by atoms with Crippen molar-refractivity contribution < 1.29 is 23.0 Å². The molecular formula is C38H44F2N6O3. The number of fused-ring (bicyclic) bond motifs is 2. The maximum Gasteiger partial charge on any atom is 0.319 e. The molecule has 1 atom stereocenters. The van der Waals surface area contributed by atoms with E-state index in [2.05, 4.69) is 28.4 Å². The van der Waals surface area contributed by atoms with Gasteiger partial charge in [0.15, 0.2) is 12.6 Å². The Morgan fingerprint density at radius 1 is 1.08 bits per heavy atom. The molecular weight excluding hydrogens is 626 g/mol. The third-order valence-electron chi connectivity index (χ3n) is 10.3. The number of nitrogens with one attached hydrogen (secondary N) is 2. The number of rotatable bonds is 12. The molecule has 2 aromatic carbocycles. The number of anilines is 1. The zero-order valence-electron chi connectivity index (χ0n) is 28.3. The van der Waals surface area contributed by atoms with Gasteiger partial charge in [-0.05, 0) is 94.6 Å². The lowest BCUT2D eigenvalue weighted by molar-refractivity contribution is 0.0512. The lowest BCUT2D eigenvalue weighted by atomic mass is 9.94. The zero-order chi connectivity index (χ0) is 34.0. The van der Waals surface area contributed by atoms with E-state index in [1.165, 1.54) is 13.2 Å². The van der Waals surface area contributed by atoms with E-state index in [0.29, 0.717) is 52.0 Å². The maximum atomic E-state index is 17.2. The van der Waals surface area contributed by atoms with E-state index in [1.54, 1.807) is 18.2 Å². The molecule has 4 aromatic rings. The van der Waals surface area contributed by atoms with Crippen LogP contribution in [0.4, 0.5) is 14.6 Å². The Bertz CT molecular complexity index is 1890. The summed E-state index contributed by atoms with van der Waals surface area (Å²) in [6, 6.07) is 6.49. The highest BCUT2D eigenvalue weighted by Gasteiger charge is 2.45. The molecule has 7 rings (SSSR count). The van der Waals surface area contributed by atoms with Gasteiger partial charge in [-0.15, -0.1) is 6.42 Å². The highest BCUT2D eigenvalue weighted by Crippen LogP contribution is 2.42. The number of aromatic nitrogens is 3. The molecule has 3 aliphatic heterocycles. The van der Waals surface area contributed by atoms with E-state index in [0.717, 1.165) is 77.5 Å². The van der Waals surface area contributed by atoms with Gasteiger partial charge in [-0.3, -0.25) is 4.90 Å². The number of benzene rings is 2. The van der Waals surface area contributed by atoms with Crippen molar-refractivity contribution in [1.82, 2.24) is 25.2 Å². The van der Waals surface area contributed by atoms with Gasteiger partial charge in [0.2, 0.25) is 0 Å². The van der Waals surface area contributed by atoms with Crippen LogP contribution in [0.1, 0.15) is 69.5 Å². The van der Waals surface area contributed by atoms with Crippen LogP contribution in [-0.2, 0) is 11.2 Å². The van der Waals surface area contributed by atoms with Crippen molar-refractivity contribution in [3.05, 3.63) is 47.2 Å². The van der Waals surface area contributed by atoms with Crippen LogP contribution in [-0.4, -0.2) is 78.1 Å². The number of pyridine rings is 1. The number of aryl methyl sites for hydroxylation is 1. The van der Waals surface area contributed by atoms with Crippen molar-refractivity contribution in [1.29, 1.82) is 0 Å². The number of halogens is 2. The second-order valence-corrected chi connectivity index (χ2v) is 13.5. The molecule has 49 heavy (non-hydrogen) atoms. The summed E-state index contributed by atoms with van der Waals surface area (Å²) in [7, 11) is 1.52. The fourth-order valence-electron chi connectivity index (χ4n) is 7.88. The second kappa shape index (κ2) is 14.4. The monoisotopic (exact) mass is 670 g/mol. The van der Waals surface area contributed by atoms with Gasteiger partial charge in [-0.2, -0.15) is 9.97 Å². The van der Waals surface area contributed by atoms with Crippen LogP contribution in [0, 0.1) is 24.0 Å². The van der Waals surface area contributed by atoms with Crippen molar-refractivity contribution >= 4 is 27.5 Å². The normalized spacial score (nSPS) is 18.6. The van der Waals surface area contributed by atoms with Gasteiger partial charge in [0.1, 0.15) is 35.2 Å². The van der Waals surface area contributed by atoms with Crippen molar-refractivity contribution in [2.24, 2.45) is 0 Å². The Hall–Kier alpha value is -4.11. The first kappa shape index (κ1) is 33.4. The van der Waals surface area contributed by atoms with Gasteiger partial charge in [0, 0.05) is 30.6 Å². The number of nitrogens with zero attached hydrogens (tertiary/aromatic N) is 4. The summed E-state index contributed by atoms with van der Waals surface area (Å²) in [5, 5.41) is 8.66. The van der Waals surface area contributed by atoms with Gasteiger partial charge < -0.3 is 24.8 Å². The van der Waals surface area contributed by atoms with E-state index < -0.39 is 11.6 Å². The molecule has 2 aromatic heterocycles. The molecule has 9 nitrogen and oxygen atoms in total. The average Bonchev–Trinajstić information content (AvgIpc) is 3.69. The van der Waals surface area contributed by atoms with Gasteiger partial charge in [0.05, 0.1) is 22.2 Å². The fourth-order valence-corrected chi connectivity index (χ4v) is 7.88. The molecule has 0 radical (unpaired) electrons. The predicted octanol–water partition coefficient (Wildman–Crippen LogP) is 6.60. The second-order valence-electron chi connectivity index (χ2n) is 13.5. The molecule has 0 amide bonds. The molecule has 0 saturated carbocycles. The van der Waals surface area contributed by atoms with E-state index in [4.69, 9.17) is 35.6 Å². The van der Waals surface area contributed by atoms with E-state index in [9.17, 15) is 0 Å². The average molecular weight is 671 g/mol. The van der Waals surface area contributed by atoms with Gasteiger partial charge in [0.25, 0.3) is 0 Å². The molecule has 2 N–H and O–H groups in total. The number of methoxy groups -OCH3 is 1. The third kappa shape index (κ3) is 6.50. The molecule has 258 valence electrons. The van der Waals surface area contributed by atoms with Crippen LogP contribution in [0.2, 0.25) is 0 Å². The van der Waals surface area contributed by atoms with Gasteiger partial charge in [-0.25, -0.2) is 13.8 Å². The summed E-state index contributed by atoms with van der Waals surface area (Å²) in [5.74, 6) is 2.16. The summed E-state index contributed by atoms with van der Waals surface area (Å²) in [6.07, 6.45) is 14.7. The fraction of sp³-hybridized carbons (Fsp3) is 0.500. The number of hydrogen-bond acceptors (Lipinski definition) is 9. The first-order valence-corrected chi connectivity index (χ1v) is 17.5. The van der Waals surface area contributed by atoms with E-state index >= 15 is 8.78 Å². The summed E-state index contributed by atoms with van der Waals surface area (Å²) < 4.78 is 49.7. The predicted molar refractivity (Wildman–Crippen MR) is 187 cm³/mol. The molecule has 5 heterocycles. The van der Waals surface area contributed by atoms with Crippen molar-refractivity contribution in [3.8, 4) is 35.4 Å². The first-order chi connectivity index (χ1) is 23.9. The van der Waals surface area contributed by atoms with Crippen LogP contribution in [0.25, 0.3) is 32.9 Å². The van der Waals surface area contributed by atoms with E-state index in [1.807, 2.05) is 0 Å². The standard InChI is InChI=1S/C38H44F2N6O3/c1-4-6-16-41-21-25-10-7-11-30-32-35(44-37(45-36(32)42-25)48-22-38-14-8-17-46(38)18-9-15-38)33(40)34(43-30)28-20-26(49-23-47-3)19-24-12-13-29(39)27(5-2)31(24)28/h2,12-13,19-20,25,41H,4,6-11,14-18,21-23H2,1,3H3,(H,42,44,45). The summed E-state index contributed by atoms with van der Waals surface area (Å²) >= 11 is 0. The Balaban J connectivity index is 1.38. The van der Waals surface area contributed by atoms with E-state index in [-0.39, 0.29) is 41.2 Å². The number of terminal acetylenes is 1. The highest BCUT2D eigenvalue weighted by molar-refractivity contribution is 6.03. The van der Waals surface area contributed by atoms with Crippen LogP contribution in [0.5, 0.6) is 11.8 Å². The lowest BCUT2D eigenvalue weighted by Gasteiger charge is -2.31. The number of ether oxygens (including phenoxy) is 3. The van der Waals surface area contributed by atoms with Crippen LogP contribution in [0.3, 0.4) is 0 Å². The minimum Gasteiger partial charge on any atom is -0.468 e. The number of unbranched alkanes of at least 4 members (excludes halogenated alkanes) is 1. The minimum atomic E-state index is -0.661. The molecule has 11 heteroatoms. The van der Waals surface area contributed by atoms with Crippen LogP contribution >= 0.6 is 0 Å². The molecule has 3 aliphatic rings. The molecule has 0 spiro atoms. The molecule has 2 fully saturated rings. The highest BCUT2D eigenvalue weighted by atomic mass is 19.1. The SMILES string of the molecule is C#Cc1c(F)ccc2cc(OCOC)cc(-c3nc4c5c(nc(OCC67CCCN6CCC7)nc5c3F)NC(CNCCCC)CCC4)c12. The topological polar surface area (TPSA) is 93.7 Å². The van der Waals surface area contributed by atoms with Crippen LogP contribution < -0.4 is 20.1 Å². The number of hydrogen-bond donors (Lipinski definition) is 2. The van der Waals surface area contributed by atoms with Gasteiger partial charge >= 0.3 is 6.01 Å². The van der Waals surface area contributed by atoms with Crippen LogP contribution in [0.15, 0.2) is 24.3 Å².